The number of benzene rings is 1. The summed E-state index contributed by atoms with van der Waals surface area (Å²) in [6.45, 7) is 6.97. The zero-order valence-electron chi connectivity index (χ0n) is 23.2. The van der Waals surface area contributed by atoms with Crippen LogP contribution in [-0.2, 0) is 0 Å². The first-order valence-electron chi connectivity index (χ1n) is 12.9. The van der Waals surface area contributed by atoms with Crippen LogP contribution in [0, 0.1) is 18.3 Å². The van der Waals surface area contributed by atoms with E-state index in [4.69, 9.17) is 13.9 Å². The Morgan fingerprint density at radius 3 is 2.50 bits per heavy atom. The Bertz CT molecular complexity index is 1440. The van der Waals surface area contributed by atoms with Gasteiger partial charge >= 0.3 is 0 Å². The highest BCUT2D eigenvalue weighted by atomic mass is 32.2. The van der Waals surface area contributed by atoms with E-state index in [2.05, 4.69) is 26.0 Å². The molecule has 1 aliphatic rings. The SMILES string of the molecule is CC.COc1cccc(OC)c1-n1c(NSC2CC(O)CN(c3cncc(C#N)c3)C2)nnc1-c1ccc(C)o1. The van der Waals surface area contributed by atoms with Gasteiger partial charge in [0.25, 0.3) is 0 Å². The minimum atomic E-state index is -0.539. The van der Waals surface area contributed by atoms with Gasteiger partial charge in [-0.1, -0.05) is 19.9 Å². The fourth-order valence-corrected chi connectivity index (χ4v) is 5.43. The predicted octanol–water partition coefficient (Wildman–Crippen LogP) is 4.85. The number of nitriles is 1. The quantitative estimate of drug-likeness (QED) is 0.285. The third kappa shape index (κ3) is 6.16. The summed E-state index contributed by atoms with van der Waals surface area (Å²) in [6.07, 6.45) is 3.27. The number of anilines is 2. The molecule has 4 heterocycles. The van der Waals surface area contributed by atoms with E-state index in [9.17, 15) is 10.4 Å². The molecule has 1 aliphatic heterocycles. The Morgan fingerprint density at radius 2 is 1.85 bits per heavy atom. The third-order valence-corrected chi connectivity index (χ3v) is 7.15. The maximum atomic E-state index is 10.6. The average Bonchev–Trinajstić information content (AvgIpc) is 3.62. The van der Waals surface area contributed by atoms with E-state index in [1.807, 2.05) is 56.0 Å². The van der Waals surface area contributed by atoms with Crippen molar-refractivity contribution in [3.63, 3.8) is 0 Å². The van der Waals surface area contributed by atoms with Gasteiger partial charge in [-0.05, 0) is 55.6 Å². The van der Waals surface area contributed by atoms with Crippen molar-refractivity contribution >= 4 is 23.6 Å². The molecule has 2 unspecified atom stereocenters. The van der Waals surface area contributed by atoms with Gasteiger partial charge in [-0.25, -0.2) is 0 Å². The molecule has 0 radical (unpaired) electrons. The molecule has 11 nitrogen and oxygen atoms in total. The smallest absolute Gasteiger partial charge is 0.239 e. The van der Waals surface area contributed by atoms with E-state index in [-0.39, 0.29) is 5.25 Å². The highest BCUT2D eigenvalue weighted by molar-refractivity contribution is 8.01. The molecule has 2 atom stereocenters. The molecule has 0 spiro atoms. The first kappa shape index (κ1) is 28.8. The summed E-state index contributed by atoms with van der Waals surface area (Å²) in [5.41, 5.74) is 1.90. The van der Waals surface area contributed by atoms with Crippen LogP contribution in [0.1, 0.15) is 31.6 Å². The lowest BCUT2D eigenvalue weighted by atomic mass is 10.1. The van der Waals surface area contributed by atoms with Crippen molar-refractivity contribution in [1.29, 1.82) is 5.26 Å². The molecule has 0 bridgehead atoms. The van der Waals surface area contributed by atoms with Crippen LogP contribution in [0.4, 0.5) is 11.6 Å². The molecule has 1 fully saturated rings. The number of aromatic nitrogens is 4. The molecule has 40 heavy (non-hydrogen) atoms. The number of piperidine rings is 1. The summed E-state index contributed by atoms with van der Waals surface area (Å²) in [6, 6.07) is 13.1. The topological polar surface area (TPSA) is 134 Å². The van der Waals surface area contributed by atoms with Crippen molar-refractivity contribution < 1.29 is 19.0 Å². The number of pyridine rings is 1. The normalized spacial score (nSPS) is 16.5. The number of methoxy groups -OCH3 is 2. The second-order valence-electron chi connectivity index (χ2n) is 8.78. The molecule has 2 N–H and O–H groups in total. The van der Waals surface area contributed by atoms with Gasteiger partial charge < -0.3 is 23.9 Å². The maximum absolute atomic E-state index is 10.6. The highest BCUT2D eigenvalue weighted by Gasteiger charge is 2.29. The number of para-hydroxylation sites is 1. The molecule has 12 heteroatoms. The Balaban J connectivity index is 0.00000181. The van der Waals surface area contributed by atoms with Crippen molar-refractivity contribution in [3.8, 4) is 34.8 Å². The zero-order chi connectivity index (χ0) is 28.6. The van der Waals surface area contributed by atoms with E-state index >= 15 is 0 Å². The second kappa shape index (κ2) is 13.2. The number of nitrogens with one attached hydrogen (secondary N) is 1. The summed E-state index contributed by atoms with van der Waals surface area (Å²) >= 11 is 1.44. The zero-order valence-corrected chi connectivity index (χ0v) is 24.0. The van der Waals surface area contributed by atoms with Crippen molar-refractivity contribution in [2.45, 2.75) is 38.5 Å². The lowest BCUT2D eigenvalue weighted by molar-refractivity contribution is 0.156. The molecule has 4 aromatic rings. The second-order valence-corrected chi connectivity index (χ2v) is 9.89. The van der Waals surface area contributed by atoms with Crippen LogP contribution in [0.2, 0.25) is 0 Å². The number of nitrogens with zero attached hydrogens (tertiary/aromatic N) is 6. The van der Waals surface area contributed by atoms with E-state index < -0.39 is 6.10 Å². The average molecular weight is 564 g/mol. The lowest BCUT2D eigenvalue weighted by Crippen LogP contribution is -2.45. The minimum absolute atomic E-state index is 0.00325. The monoisotopic (exact) mass is 563 g/mol. The van der Waals surface area contributed by atoms with Crippen molar-refractivity contribution in [1.82, 2.24) is 19.7 Å². The van der Waals surface area contributed by atoms with Crippen LogP contribution in [0.15, 0.2) is 53.2 Å². The fraction of sp³-hybridized carbons (Fsp3) is 0.357. The number of hydrogen-bond donors (Lipinski definition) is 2. The van der Waals surface area contributed by atoms with Gasteiger partial charge in [-0.2, -0.15) is 5.26 Å². The van der Waals surface area contributed by atoms with Crippen LogP contribution >= 0.6 is 11.9 Å². The van der Waals surface area contributed by atoms with Gasteiger partial charge in [0.15, 0.2) is 5.76 Å². The Morgan fingerprint density at radius 1 is 1.10 bits per heavy atom. The lowest BCUT2D eigenvalue weighted by Gasteiger charge is -2.36. The molecular formula is C28H33N7O4S. The summed E-state index contributed by atoms with van der Waals surface area (Å²) in [4.78, 5) is 6.20. The van der Waals surface area contributed by atoms with Crippen LogP contribution in [0.25, 0.3) is 17.3 Å². The number of β-amino-alcohol motifs (C(OH)–C–C–N with tert-alkyl or cyclic N) is 1. The third-order valence-electron chi connectivity index (χ3n) is 6.17. The number of aliphatic hydroxyl groups is 1. The molecule has 210 valence electrons. The van der Waals surface area contributed by atoms with Crippen LogP contribution in [0.5, 0.6) is 11.5 Å². The Labute approximate surface area is 237 Å². The van der Waals surface area contributed by atoms with Gasteiger partial charge in [-0.15, -0.1) is 10.2 Å². The molecule has 1 aromatic carbocycles. The molecule has 0 aliphatic carbocycles. The van der Waals surface area contributed by atoms with Crippen LogP contribution in [0.3, 0.4) is 0 Å². The molecule has 3 aromatic heterocycles. The van der Waals surface area contributed by atoms with E-state index in [1.54, 1.807) is 31.0 Å². The van der Waals surface area contributed by atoms with Gasteiger partial charge in [0.05, 0.1) is 37.8 Å². The van der Waals surface area contributed by atoms with Crippen molar-refractivity contribution in [2.24, 2.45) is 0 Å². The van der Waals surface area contributed by atoms with Gasteiger partial charge in [0, 0.05) is 24.5 Å². The molecule has 0 amide bonds. The van der Waals surface area contributed by atoms with Gasteiger partial charge in [-0.3, -0.25) is 14.3 Å². The van der Waals surface area contributed by atoms with Gasteiger partial charge in [0.2, 0.25) is 11.8 Å². The molecule has 5 rings (SSSR count). The van der Waals surface area contributed by atoms with E-state index in [0.717, 1.165) is 11.4 Å². The number of hydrogen-bond acceptors (Lipinski definition) is 11. The van der Waals surface area contributed by atoms with Crippen LogP contribution in [-0.4, -0.2) is 63.5 Å². The Hall–Kier alpha value is -4.21. The predicted molar refractivity (Wildman–Crippen MR) is 155 cm³/mol. The van der Waals surface area contributed by atoms with E-state index in [0.29, 0.717) is 59.8 Å². The molecular weight excluding hydrogens is 530 g/mol. The number of aliphatic hydroxyl groups excluding tert-OH is 1. The van der Waals surface area contributed by atoms with Crippen molar-refractivity contribution in [3.05, 3.63) is 60.1 Å². The fourth-order valence-electron chi connectivity index (χ4n) is 4.45. The van der Waals surface area contributed by atoms with Crippen molar-refractivity contribution in [2.75, 3.05) is 36.9 Å². The molecule has 0 saturated carbocycles. The number of rotatable bonds is 8. The number of furan rings is 1. The largest absolute Gasteiger partial charge is 0.494 e. The Kier molecular flexibility index (Phi) is 9.52. The summed E-state index contributed by atoms with van der Waals surface area (Å²) < 4.78 is 22.3. The highest BCUT2D eigenvalue weighted by Crippen LogP contribution is 2.39. The summed E-state index contributed by atoms with van der Waals surface area (Å²) in [7, 11) is 3.19. The standard InChI is InChI=1S/C26H27N7O4S.C2H6/c1-16-7-8-23(37-16)25-29-30-26(33(25)24-21(35-2)5-4-6-22(24)36-3)31-38-20-10-19(34)14-32(15-20)18-9-17(11-27)12-28-13-18;1-2/h4-9,12-13,19-20,34H,10,14-15H2,1-3H3,(H,30,31);1-2H3. The summed E-state index contributed by atoms with van der Waals surface area (Å²) in [5.74, 6) is 3.37. The number of ether oxygens (including phenoxy) is 2. The minimum Gasteiger partial charge on any atom is -0.494 e. The van der Waals surface area contributed by atoms with E-state index in [1.165, 1.54) is 18.1 Å². The first-order chi connectivity index (χ1) is 19.5. The maximum Gasteiger partial charge on any atom is 0.239 e. The number of aryl methyl sites for hydroxylation is 1. The van der Waals surface area contributed by atoms with Gasteiger partial charge in [0.1, 0.15) is 29.0 Å². The molecule has 1 saturated heterocycles. The van der Waals surface area contributed by atoms with Crippen LogP contribution < -0.4 is 19.1 Å². The first-order valence-corrected chi connectivity index (χ1v) is 13.8. The summed E-state index contributed by atoms with van der Waals surface area (Å²) in [5, 5.41) is 28.7.